The van der Waals surface area contributed by atoms with Crippen molar-refractivity contribution in [3.63, 3.8) is 0 Å². The molecule has 1 heterocycles. The molecule has 0 aliphatic carbocycles. The summed E-state index contributed by atoms with van der Waals surface area (Å²) in [6, 6.07) is 5.95. The Hall–Kier alpha value is -1.92. The zero-order chi connectivity index (χ0) is 19.5. The van der Waals surface area contributed by atoms with Crippen LogP contribution in [-0.4, -0.2) is 38.2 Å². The fourth-order valence-corrected chi connectivity index (χ4v) is 2.75. The molecule has 3 atom stereocenters. The van der Waals surface area contributed by atoms with Gasteiger partial charge in [-0.05, 0) is 31.9 Å². The highest BCUT2D eigenvalue weighted by Gasteiger charge is 2.27. The van der Waals surface area contributed by atoms with Gasteiger partial charge in [-0.2, -0.15) is 0 Å². The molecule has 1 saturated heterocycles. The predicted octanol–water partition coefficient (Wildman–Crippen LogP) is 4.26. The summed E-state index contributed by atoms with van der Waals surface area (Å²) in [7, 11) is 0. The Morgan fingerprint density at radius 2 is 2.19 bits per heavy atom. The standard InChI is InChI=1S/C21H29FO5/c1-3-4-5-6-7-10-17-13-24-15-26-20(17)14-25-21(23)16(2)27-19-12-9-8-11-18(19)22/h7-12,16-17,20H,3-6,13-15H2,1-2H3/b10-7-/t16-,17-,20-/m0/s1. The normalized spacial score (nSPS) is 21.1. The van der Waals surface area contributed by atoms with Gasteiger partial charge in [-0.25, -0.2) is 9.18 Å². The van der Waals surface area contributed by atoms with E-state index >= 15 is 0 Å². The molecule has 1 aromatic rings. The lowest BCUT2D eigenvalue weighted by molar-refractivity contribution is -0.185. The number of esters is 1. The van der Waals surface area contributed by atoms with Gasteiger partial charge in [-0.1, -0.05) is 44.1 Å². The topological polar surface area (TPSA) is 54.0 Å². The van der Waals surface area contributed by atoms with E-state index in [0.717, 1.165) is 12.8 Å². The van der Waals surface area contributed by atoms with E-state index in [-0.39, 0.29) is 31.2 Å². The second kappa shape index (κ2) is 11.7. The SMILES string of the molecule is CCCCC/C=C\[C@H]1COCO[C@H]1COC(=O)[C@H](C)Oc1ccccc1F. The first kappa shape index (κ1) is 21.4. The molecule has 0 saturated carbocycles. The van der Waals surface area contributed by atoms with Crippen LogP contribution in [-0.2, 0) is 19.0 Å². The van der Waals surface area contributed by atoms with E-state index in [4.69, 9.17) is 18.9 Å². The molecule has 1 aliphatic heterocycles. The van der Waals surface area contributed by atoms with Crippen molar-refractivity contribution in [2.45, 2.75) is 51.7 Å². The van der Waals surface area contributed by atoms with E-state index < -0.39 is 17.9 Å². The molecule has 0 amide bonds. The number of unbranched alkanes of at least 4 members (excludes halogenated alkanes) is 3. The predicted molar refractivity (Wildman–Crippen MR) is 99.9 cm³/mol. The summed E-state index contributed by atoms with van der Waals surface area (Å²) >= 11 is 0. The van der Waals surface area contributed by atoms with Crippen molar-refractivity contribution in [1.82, 2.24) is 0 Å². The maximum Gasteiger partial charge on any atom is 0.347 e. The van der Waals surface area contributed by atoms with E-state index in [1.165, 1.54) is 31.9 Å². The number of rotatable bonds is 10. The Bertz CT molecular complexity index is 604. The minimum atomic E-state index is -0.912. The Morgan fingerprint density at radius 1 is 1.37 bits per heavy atom. The van der Waals surface area contributed by atoms with Gasteiger partial charge in [0.2, 0.25) is 0 Å². The summed E-state index contributed by atoms with van der Waals surface area (Å²) in [6.07, 6.45) is 7.62. The number of hydrogen-bond donors (Lipinski definition) is 0. The van der Waals surface area contributed by atoms with Gasteiger partial charge < -0.3 is 18.9 Å². The lowest BCUT2D eigenvalue weighted by Crippen LogP contribution is -2.38. The van der Waals surface area contributed by atoms with Crippen molar-refractivity contribution >= 4 is 5.97 Å². The Balaban J connectivity index is 1.80. The molecule has 150 valence electrons. The Morgan fingerprint density at radius 3 is 2.96 bits per heavy atom. The van der Waals surface area contributed by atoms with Gasteiger partial charge in [0, 0.05) is 5.92 Å². The van der Waals surface area contributed by atoms with Gasteiger partial charge in [0.15, 0.2) is 17.7 Å². The smallest absolute Gasteiger partial charge is 0.347 e. The maximum absolute atomic E-state index is 13.6. The number of carbonyl (C=O) groups is 1. The number of halogens is 1. The molecule has 0 spiro atoms. The van der Waals surface area contributed by atoms with Gasteiger partial charge >= 0.3 is 5.97 Å². The number of allylic oxidation sites excluding steroid dienone is 1. The molecular weight excluding hydrogens is 351 g/mol. The number of ether oxygens (including phenoxy) is 4. The Labute approximate surface area is 160 Å². The monoisotopic (exact) mass is 380 g/mol. The molecule has 1 fully saturated rings. The molecule has 0 radical (unpaired) electrons. The van der Waals surface area contributed by atoms with E-state index in [9.17, 15) is 9.18 Å². The molecule has 1 aromatic carbocycles. The molecule has 0 unspecified atom stereocenters. The van der Waals surface area contributed by atoms with Crippen LogP contribution >= 0.6 is 0 Å². The summed E-state index contributed by atoms with van der Waals surface area (Å²) in [5.41, 5.74) is 0. The number of para-hydroxylation sites is 1. The number of hydrogen-bond acceptors (Lipinski definition) is 5. The number of carbonyl (C=O) groups excluding carboxylic acids is 1. The van der Waals surface area contributed by atoms with Crippen LogP contribution in [0.3, 0.4) is 0 Å². The maximum atomic E-state index is 13.6. The molecule has 0 N–H and O–H groups in total. The molecule has 0 bridgehead atoms. The second-order valence-corrected chi connectivity index (χ2v) is 6.60. The first-order valence-corrected chi connectivity index (χ1v) is 9.55. The van der Waals surface area contributed by atoms with Crippen LogP contribution < -0.4 is 4.74 Å². The number of benzene rings is 1. The minimum Gasteiger partial charge on any atom is -0.476 e. The van der Waals surface area contributed by atoms with Crippen LogP contribution in [0.1, 0.15) is 39.5 Å². The largest absolute Gasteiger partial charge is 0.476 e. The highest BCUT2D eigenvalue weighted by Crippen LogP contribution is 2.19. The van der Waals surface area contributed by atoms with Crippen molar-refractivity contribution in [3.8, 4) is 5.75 Å². The summed E-state index contributed by atoms with van der Waals surface area (Å²) in [5, 5.41) is 0. The first-order valence-electron chi connectivity index (χ1n) is 9.55. The molecule has 2 rings (SSSR count). The highest BCUT2D eigenvalue weighted by molar-refractivity contribution is 5.74. The molecule has 0 aromatic heterocycles. The molecule has 6 heteroatoms. The summed E-state index contributed by atoms with van der Waals surface area (Å²) in [4.78, 5) is 12.2. The quantitative estimate of drug-likeness (QED) is 0.345. The van der Waals surface area contributed by atoms with Crippen LogP contribution in [0, 0.1) is 11.7 Å². The van der Waals surface area contributed by atoms with Crippen molar-refractivity contribution in [2.75, 3.05) is 20.0 Å². The van der Waals surface area contributed by atoms with Gasteiger partial charge in [-0.3, -0.25) is 0 Å². The van der Waals surface area contributed by atoms with Crippen LogP contribution in [0.5, 0.6) is 5.75 Å². The lowest BCUT2D eigenvalue weighted by Gasteiger charge is -2.29. The molecule has 5 nitrogen and oxygen atoms in total. The van der Waals surface area contributed by atoms with Gasteiger partial charge in [-0.15, -0.1) is 0 Å². The molecule has 1 aliphatic rings. The third-order valence-corrected chi connectivity index (χ3v) is 4.37. The van der Waals surface area contributed by atoms with E-state index in [0.29, 0.717) is 6.61 Å². The van der Waals surface area contributed by atoms with Crippen molar-refractivity contribution < 1.29 is 28.1 Å². The fourth-order valence-electron chi connectivity index (χ4n) is 2.75. The van der Waals surface area contributed by atoms with Gasteiger partial charge in [0.05, 0.1) is 6.61 Å². The molecule has 27 heavy (non-hydrogen) atoms. The van der Waals surface area contributed by atoms with Crippen molar-refractivity contribution in [1.29, 1.82) is 0 Å². The third-order valence-electron chi connectivity index (χ3n) is 4.37. The van der Waals surface area contributed by atoms with Crippen LogP contribution in [0.15, 0.2) is 36.4 Å². The van der Waals surface area contributed by atoms with E-state index in [1.807, 2.05) is 0 Å². The van der Waals surface area contributed by atoms with Crippen molar-refractivity contribution in [3.05, 3.63) is 42.2 Å². The van der Waals surface area contributed by atoms with Crippen LogP contribution in [0.25, 0.3) is 0 Å². The average molecular weight is 380 g/mol. The summed E-state index contributed by atoms with van der Waals surface area (Å²) in [6.45, 7) is 4.53. The van der Waals surface area contributed by atoms with Crippen molar-refractivity contribution in [2.24, 2.45) is 5.92 Å². The zero-order valence-corrected chi connectivity index (χ0v) is 16.1. The molecular formula is C21H29FO5. The summed E-state index contributed by atoms with van der Waals surface area (Å²) in [5.74, 6) is -1.01. The second-order valence-electron chi connectivity index (χ2n) is 6.60. The fraction of sp³-hybridized carbons (Fsp3) is 0.571. The third kappa shape index (κ3) is 7.31. The first-order chi connectivity index (χ1) is 13.1. The van der Waals surface area contributed by atoms with E-state index in [1.54, 1.807) is 12.1 Å². The van der Waals surface area contributed by atoms with Gasteiger partial charge in [0.1, 0.15) is 19.5 Å². The summed E-state index contributed by atoms with van der Waals surface area (Å²) < 4.78 is 35.2. The average Bonchev–Trinajstić information content (AvgIpc) is 2.68. The minimum absolute atomic E-state index is 0.0251. The Kier molecular flexibility index (Phi) is 9.28. The highest BCUT2D eigenvalue weighted by atomic mass is 19.1. The van der Waals surface area contributed by atoms with E-state index in [2.05, 4.69) is 19.1 Å². The van der Waals surface area contributed by atoms with Crippen LogP contribution in [0.2, 0.25) is 0 Å². The zero-order valence-electron chi connectivity index (χ0n) is 16.1. The van der Waals surface area contributed by atoms with Crippen LogP contribution in [0.4, 0.5) is 4.39 Å². The van der Waals surface area contributed by atoms with Gasteiger partial charge in [0.25, 0.3) is 0 Å². The lowest BCUT2D eigenvalue weighted by atomic mass is 10.0.